The predicted molar refractivity (Wildman–Crippen MR) is 65.3 cm³/mol. The van der Waals surface area contributed by atoms with Gasteiger partial charge in [-0.05, 0) is 25.2 Å². The summed E-state index contributed by atoms with van der Waals surface area (Å²) in [5.41, 5.74) is 0.483. The highest BCUT2D eigenvalue weighted by molar-refractivity contribution is 7.86. The van der Waals surface area contributed by atoms with Gasteiger partial charge in [-0.2, -0.15) is 8.42 Å². The van der Waals surface area contributed by atoms with Gasteiger partial charge in [-0.25, -0.2) is 4.79 Å². The van der Waals surface area contributed by atoms with Crippen LogP contribution >= 0.6 is 0 Å². The fraction of sp³-hybridized carbons (Fsp3) is 0.750. The number of carbonyl (C=O) groups is 1. The van der Waals surface area contributed by atoms with Gasteiger partial charge in [0.25, 0.3) is 10.1 Å². The van der Waals surface area contributed by atoms with E-state index < -0.39 is 16.1 Å². The summed E-state index contributed by atoms with van der Waals surface area (Å²) in [5, 5.41) is 0. The lowest BCUT2D eigenvalue weighted by Crippen LogP contribution is -2.20. The summed E-state index contributed by atoms with van der Waals surface area (Å²) >= 11 is 0. The van der Waals surface area contributed by atoms with Gasteiger partial charge < -0.3 is 4.74 Å². The molecule has 0 spiro atoms. The first kappa shape index (κ1) is 13.5. The highest BCUT2D eigenvalue weighted by atomic mass is 32.2. The zero-order valence-electron chi connectivity index (χ0n) is 10.5. The molecule has 0 amide bonds. The van der Waals surface area contributed by atoms with Gasteiger partial charge in [0.05, 0.1) is 7.11 Å². The molecule has 2 aliphatic carbocycles. The van der Waals surface area contributed by atoms with E-state index in [1.165, 1.54) is 0 Å². The normalized spacial score (nSPS) is 29.7. The van der Waals surface area contributed by atoms with Crippen LogP contribution in [0.3, 0.4) is 0 Å². The molecule has 0 heterocycles. The minimum atomic E-state index is -3.57. The number of fused-ring (bicyclic) bond motifs is 1. The topological polar surface area (TPSA) is 69.7 Å². The molecule has 102 valence electrons. The molecule has 0 radical (unpaired) electrons. The Labute approximate surface area is 107 Å². The Morgan fingerprint density at radius 3 is 2.72 bits per heavy atom. The van der Waals surface area contributed by atoms with Gasteiger partial charge in [-0.15, -0.1) is 0 Å². The van der Waals surface area contributed by atoms with Crippen LogP contribution in [0.25, 0.3) is 0 Å². The maximum absolute atomic E-state index is 11.8. The molecule has 2 fully saturated rings. The van der Waals surface area contributed by atoms with Crippen LogP contribution in [-0.4, -0.2) is 33.9 Å². The van der Waals surface area contributed by atoms with Gasteiger partial charge >= 0.3 is 5.97 Å². The standard InChI is InChI=1S/C12H18O5S/c1-9(12-5-3-4-10(12)8-12)11(13)17-6-7-18(14,15)16-2/h10H,1,3-8H2,2H3. The number of hydrogen-bond donors (Lipinski definition) is 0. The Morgan fingerprint density at radius 2 is 2.22 bits per heavy atom. The molecule has 2 saturated carbocycles. The number of hydrogen-bond acceptors (Lipinski definition) is 5. The number of rotatable bonds is 6. The Balaban J connectivity index is 1.81. The molecule has 0 aromatic carbocycles. The fourth-order valence-corrected chi connectivity index (χ4v) is 3.31. The maximum atomic E-state index is 11.8. The van der Waals surface area contributed by atoms with Crippen LogP contribution in [0, 0.1) is 11.3 Å². The van der Waals surface area contributed by atoms with Crippen LogP contribution in [0.1, 0.15) is 25.7 Å². The van der Waals surface area contributed by atoms with Gasteiger partial charge in [-0.3, -0.25) is 4.18 Å². The second-order valence-electron chi connectivity index (χ2n) is 4.99. The number of carbonyl (C=O) groups excluding carboxylic acids is 1. The molecule has 2 unspecified atom stereocenters. The Hall–Kier alpha value is -0.880. The number of esters is 1. The van der Waals surface area contributed by atoms with E-state index in [4.69, 9.17) is 4.74 Å². The van der Waals surface area contributed by atoms with Gasteiger partial charge in [0.1, 0.15) is 12.4 Å². The SMILES string of the molecule is C=C(C(=O)OCCS(=O)(=O)OC)C12CCCC1C2. The molecule has 0 N–H and O–H groups in total. The molecule has 0 saturated heterocycles. The number of ether oxygens (including phenoxy) is 1. The van der Waals surface area contributed by atoms with Crippen LogP contribution in [0.4, 0.5) is 0 Å². The van der Waals surface area contributed by atoms with E-state index >= 15 is 0 Å². The van der Waals surface area contributed by atoms with Gasteiger partial charge in [-0.1, -0.05) is 13.0 Å². The molecule has 6 heteroatoms. The minimum Gasteiger partial charge on any atom is -0.461 e. The van der Waals surface area contributed by atoms with Crippen molar-refractivity contribution >= 4 is 16.1 Å². The largest absolute Gasteiger partial charge is 0.461 e. The van der Waals surface area contributed by atoms with Crippen molar-refractivity contribution in [1.82, 2.24) is 0 Å². The average molecular weight is 274 g/mol. The van der Waals surface area contributed by atoms with Crippen molar-refractivity contribution in [3.05, 3.63) is 12.2 Å². The third kappa shape index (κ3) is 2.44. The zero-order valence-corrected chi connectivity index (χ0v) is 11.3. The smallest absolute Gasteiger partial charge is 0.334 e. The minimum absolute atomic E-state index is 0.0305. The van der Waals surface area contributed by atoms with E-state index in [0.717, 1.165) is 32.8 Å². The summed E-state index contributed by atoms with van der Waals surface area (Å²) in [5.74, 6) is -0.204. The summed E-state index contributed by atoms with van der Waals surface area (Å²) in [6.07, 6.45) is 4.32. The van der Waals surface area contributed by atoms with Crippen LogP contribution < -0.4 is 0 Å². The van der Waals surface area contributed by atoms with Crippen LogP contribution in [0.2, 0.25) is 0 Å². The van der Waals surface area contributed by atoms with Crippen LogP contribution in [-0.2, 0) is 23.8 Å². The highest BCUT2D eigenvalue weighted by Crippen LogP contribution is 2.67. The van der Waals surface area contributed by atoms with Crippen LogP contribution in [0.5, 0.6) is 0 Å². The van der Waals surface area contributed by atoms with E-state index in [1.807, 2.05) is 0 Å². The summed E-state index contributed by atoms with van der Waals surface area (Å²) < 4.78 is 31.3. The van der Waals surface area contributed by atoms with E-state index in [9.17, 15) is 13.2 Å². The first-order valence-corrected chi connectivity index (χ1v) is 7.64. The van der Waals surface area contributed by atoms with Gasteiger partial charge in [0.15, 0.2) is 0 Å². The van der Waals surface area contributed by atoms with Crippen molar-refractivity contribution < 1.29 is 22.1 Å². The Kier molecular flexibility index (Phi) is 3.51. The Morgan fingerprint density at radius 1 is 1.50 bits per heavy atom. The lowest BCUT2D eigenvalue weighted by molar-refractivity contribution is -0.139. The van der Waals surface area contributed by atoms with E-state index in [2.05, 4.69) is 10.8 Å². The summed E-state index contributed by atoms with van der Waals surface area (Å²) in [7, 11) is -2.49. The maximum Gasteiger partial charge on any atom is 0.334 e. The second-order valence-corrected chi connectivity index (χ2v) is 6.85. The van der Waals surface area contributed by atoms with Crippen molar-refractivity contribution in [2.75, 3.05) is 19.5 Å². The lowest BCUT2D eigenvalue weighted by Gasteiger charge is -2.14. The monoisotopic (exact) mass is 274 g/mol. The first-order chi connectivity index (χ1) is 8.41. The molecule has 0 aromatic rings. The van der Waals surface area contributed by atoms with Crippen molar-refractivity contribution in [2.45, 2.75) is 25.7 Å². The average Bonchev–Trinajstić information content (AvgIpc) is 2.90. The molecule has 5 nitrogen and oxygen atoms in total. The van der Waals surface area contributed by atoms with Crippen molar-refractivity contribution in [1.29, 1.82) is 0 Å². The molecule has 0 aromatic heterocycles. The van der Waals surface area contributed by atoms with Crippen LogP contribution in [0.15, 0.2) is 12.2 Å². The third-order valence-corrected chi connectivity index (χ3v) is 5.25. The quantitative estimate of drug-likeness (QED) is 0.414. The van der Waals surface area contributed by atoms with E-state index in [0.29, 0.717) is 11.5 Å². The van der Waals surface area contributed by atoms with Gasteiger partial charge in [0.2, 0.25) is 0 Å². The molecule has 2 aliphatic rings. The molecule has 2 rings (SSSR count). The summed E-state index contributed by atoms with van der Waals surface area (Å²) in [6, 6.07) is 0. The van der Waals surface area contributed by atoms with E-state index in [-0.39, 0.29) is 17.8 Å². The molecule has 18 heavy (non-hydrogen) atoms. The lowest BCUT2D eigenvalue weighted by atomic mass is 9.94. The Bertz CT molecular complexity index is 467. The van der Waals surface area contributed by atoms with Crippen molar-refractivity contribution in [2.24, 2.45) is 11.3 Å². The predicted octanol–water partition coefficient (Wildman–Crippen LogP) is 1.25. The highest BCUT2D eigenvalue weighted by Gasteiger charge is 2.60. The fourth-order valence-electron chi connectivity index (χ4n) is 2.86. The van der Waals surface area contributed by atoms with Crippen molar-refractivity contribution in [3.63, 3.8) is 0 Å². The first-order valence-electron chi connectivity index (χ1n) is 6.06. The molecule has 2 atom stereocenters. The summed E-state index contributed by atoms with van der Waals surface area (Å²) in [6.45, 7) is 3.64. The zero-order chi connectivity index (χ0) is 13.4. The van der Waals surface area contributed by atoms with Gasteiger partial charge in [0, 0.05) is 11.0 Å². The molecular formula is C12H18O5S. The third-order valence-electron chi connectivity index (χ3n) is 4.08. The summed E-state index contributed by atoms with van der Waals surface area (Å²) in [4.78, 5) is 11.8. The molecule has 0 aliphatic heterocycles. The van der Waals surface area contributed by atoms with Crippen molar-refractivity contribution in [3.8, 4) is 0 Å². The second kappa shape index (κ2) is 4.66. The van der Waals surface area contributed by atoms with E-state index in [1.54, 1.807) is 0 Å². The molecule has 0 bridgehead atoms. The molecular weight excluding hydrogens is 256 g/mol.